The van der Waals surface area contributed by atoms with E-state index < -0.39 is 7.92 Å². The normalized spacial score (nSPS) is 11.8. The Morgan fingerprint density at radius 1 is 0.682 bits per heavy atom. The lowest BCUT2D eigenvalue weighted by Crippen LogP contribution is -2.10. The van der Waals surface area contributed by atoms with Crippen molar-refractivity contribution in [2.75, 3.05) is 0 Å². The van der Waals surface area contributed by atoms with Gasteiger partial charge in [0.15, 0.2) is 5.52 Å². The van der Waals surface area contributed by atoms with Crippen LogP contribution in [-0.2, 0) is 6.16 Å². The van der Waals surface area contributed by atoms with Crippen LogP contribution in [-0.4, -0.2) is 5.52 Å². The fourth-order valence-corrected chi connectivity index (χ4v) is 4.52. The van der Waals surface area contributed by atoms with Gasteiger partial charge in [-0.15, -0.1) is 0 Å². The molecule has 0 bridgehead atoms. The molecule has 3 rings (SSSR count). The van der Waals surface area contributed by atoms with E-state index in [4.69, 9.17) is 0 Å². The van der Waals surface area contributed by atoms with Gasteiger partial charge < -0.3 is 0 Å². The van der Waals surface area contributed by atoms with Crippen molar-refractivity contribution < 1.29 is 4.79 Å². The van der Waals surface area contributed by atoms with Gasteiger partial charge in [-0.05, 0) is 10.9 Å². The third-order valence-corrected chi connectivity index (χ3v) is 5.87. The van der Waals surface area contributed by atoms with Gasteiger partial charge in [0.25, 0.3) is 0 Å². The Hall–Kier alpha value is -2.24. The van der Waals surface area contributed by atoms with Gasteiger partial charge in [0.2, 0.25) is 0 Å². The highest BCUT2D eigenvalue weighted by Crippen LogP contribution is 2.42. The standard InChI is InChI=1S/C20H17OP/c21-20(18-12-6-2-7-13-18)22(19-14-8-3-9-15-19)16-17-10-4-1-5-11-17/h1-15H,16H2. The molecule has 22 heavy (non-hydrogen) atoms. The van der Waals surface area contributed by atoms with Crippen molar-refractivity contribution >= 4 is 18.8 Å². The maximum Gasteiger partial charge on any atom is 0.188 e. The zero-order valence-corrected chi connectivity index (χ0v) is 13.1. The molecule has 1 nitrogen and oxygen atoms in total. The van der Waals surface area contributed by atoms with E-state index in [9.17, 15) is 4.79 Å². The highest BCUT2D eigenvalue weighted by Gasteiger charge is 2.21. The summed E-state index contributed by atoms with van der Waals surface area (Å²) >= 11 is 0. The third kappa shape index (κ3) is 3.50. The van der Waals surface area contributed by atoms with Crippen LogP contribution in [0.2, 0.25) is 0 Å². The molecule has 1 atom stereocenters. The second-order valence-electron chi connectivity index (χ2n) is 5.08. The molecule has 0 aliphatic heterocycles. The van der Waals surface area contributed by atoms with Crippen LogP contribution in [0.4, 0.5) is 0 Å². The summed E-state index contributed by atoms with van der Waals surface area (Å²) in [5.74, 6) is 0. The quantitative estimate of drug-likeness (QED) is 0.617. The van der Waals surface area contributed by atoms with E-state index in [1.165, 1.54) is 5.56 Å². The monoisotopic (exact) mass is 304 g/mol. The fraction of sp³-hybridized carbons (Fsp3) is 0.0500. The summed E-state index contributed by atoms with van der Waals surface area (Å²) in [6, 6.07) is 30.0. The van der Waals surface area contributed by atoms with Crippen LogP contribution in [0.15, 0.2) is 91.0 Å². The van der Waals surface area contributed by atoms with Crippen LogP contribution in [0, 0.1) is 0 Å². The zero-order valence-electron chi connectivity index (χ0n) is 12.2. The molecule has 0 aliphatic carbocycles. The number of hydrogen-bond donors (Lipinski definition) is 0. The van der Waals surface area contributed by atoms with E-state index in [1.54, 1.807) is 0 Å². The molecule has 0 amide bonds. The van der Waals surface area contributed by atoms with Gasteiger partial charge in [0.1, 0.15) is 0 Å². The van der Waals surface area contributed by atoms with Crippen molar-refractivity contribution in [2.24, 2.45) is 0 Å². The Kier molecular flexibility index (Phi) is 4.78. The van der Waals surface area contributed by atoms with Crippen LogP contribution in [0.1, 0.15) is 15.9 Å². The summed E-state index contributed by atoms with van der Waals surface area (Å²) < 4.78 is 0. The van der Waals surface area contributed by atoms with E-state index in [1.807, 2.05) is 66.7 Å². The maximum atomic E-state index is 13.0. The molecule has 0 heterocycles. The van der Waals surface area contributed by atoms with E-state index in [0.29, 0.717) is 0 Å². The van der Waals surface area contributed by atoms with E-state index >= 15 is 0 Å². The summed E-state index contributed by atoms with van der Waals surface area (Å²) in [6.07, 6.45) is 0.786. The van der Waals surface area contributed by atoms with Gasteiger partial charge in [-0.25, -0.2) is 0 Å². The highest BCUT2D eigenvalue weighted by atomic mass is 31.1. The summed E-state index contributed by atoms with van der Waals surface area (Å²) in [5.41, 5.74) is 2.25. The van der Waals surface area contributed by atoms with E-state index in [-0.39, 0.29) is 5.52 Å². The molecule has 0 N–H and O–H groups in total. The fourth-order valence-electron chi connectivity index (χ4n) is 2.39. The first-order valence-corrected chi connectivity index (χ1v) is 8.83. The second-order valence-corrected chi connectivity index (χ2v) is 7.17. The molecule has 3 aromatic carbocycles. The molecule has 0 spiro atoms. The molecule has 0 aliphatic rings. The molecule has 0 radical (unpaired) electrons. The number of carbonyl (C=O) groups excluding carboxylic acids is 1. The molecule has 1 unspecified atom stereocenters. The number of benzene rings is 3. The predicted octanol–water partition coefficient (Wildman–Crippen LogP) is 4.83. The van der Waals surface area contributed by atoms with Gasteiger partial charge in [-0.2, -0.15) is 0 Å². The Balaban J connectivity index is 1.95. The minimum atomic E-state index is -0.908. The highest BCUT2D eigenvalue weighted by molar-refractivity contribution is 7.81. The van der Waals surface area contributed by atoms with Gasteiger partial charge in [0, 0.05) is 19.6 Å². The molecule has 0 saturated carbocycles. The first-order valence-electron chi connectivity index (χ1n) is 7.30. The summed E-state index contributed by atoms with van der Waals surface area (Å²) in [5, 5.41) is 1.13. The Bertz CT molecular complexity index is 723. The largest absolute Gasteiger partial charge is 0.289 e. The maximum absolute atomic E-state index is 13.0. The van der Waals surface area contributed by atoms with Crippen LogP contribution < -0.4 is 5.30 Å². The number of carbonyl (C=O) groups is 1. The topological polar surface area (TPSA) is 17.1 Å². The second kappa shape index (κ2) is 7.15. The lowest BCUT2D eigenvalue weighted by atomic mass is 10.2. The number of rotatable bonds is 5. The van der Waals surface area contributed by atoms with Crippen molar-refractivity contribution in [3.05, 3.63) is 102 Å². The van der Waals surface area contributed by atoms with Crippen molar-refractivity contribution in [1.82, 2.24) is 0 Å². The Morgan fingerprint density at radius 2 is 1.18 bits per heavy atom. The van der Waals surface area contributed by atoms with Gasteiger partial charge >= 0.3 is 0 Å². The molecule has 108 valence electrons. The van der Waals surface area contributed by atoms with Crippen LogP contribution in [0.3, 0.4) is 0 Å². The van der Waals surface area contributed by atoms with Gasteiger partial charge in [-0.1, -0.05) is 91.0 Å². The average Bonchev–Trinajstić information content (AvgIpc) is 2.61. The zero-order chi connectivity index (χ0) is 15.2. The van der Waals surface area contributed by atoms with Crippen molar-refractivity contribution in [2.45, 2.75) is 6.16 Å². The van der Waals surface area contributed by atoms with Crippen LogP contribution in [0.25, 0.3) is 0 Å². The van der Waals surface area contributed by atoms with E-state index in [0.717, 1.165) is 17.0 Å². The van der Waals surface area contributed by atoms with Crippen LogP contribution >= 0.6 is 7.92 Å². The minimum Gasteiger partial charge on any atom is -0.289 e. The number of hydrogen-bond acceptors (Lipinski definition) is 1. The van der Waals surface area contributed by atoms with Gasteiger partial charge in [-0.3, -0.25) is 4.79 Å². The SMILES string of the molecule is O=C(c1ccccc1)P(Cc1ccccc1)c1ccccc1. The van der Waals surface area contributed by atoms with Crippen LogP contribution in [0.5, 0.6) is 0 Å². The van der Waals surface area contributed by atoms with Gasteiger partial charge in [0.05, 0.1) is 0 Å². The van der Waals surface area contributed by atoms with Crippen molar-refractivity contribution in [3.63, 3.8) is 0 Å². The third-order valence-electron chi connectivity index (χ3n) is 3.52. The molecule has 3 aromatic rings. The lowest BCUT2D eigenvalue weighted by molar-refractivity contribution is 0.108. The summed E-state index contributed by atoms with van der Waals surface area (Å²) in [6.45, 7) is 0. The lowest BCUT2D eigenvalue weighted by Gasteiger charge is -2.17. The first kappa shape index (κ1) is 14.7. The first-order chi connectivity index (χ1) is 10.8. The Labute approximate surface area is 132 Å². The van der Waals surface area contributed by atoms with E-state index in [2.05, 4.69) is 24.3 Å². The minimum absolute atomic E-state index is 0.241. The molecular formula is C20H17OP. The molecule has 0 aromatic heterocycles. The summed E-state index contributed by atoms with van der Waals surface area (Å²) in [7, 11) is -0.908. The smallest absolute Gasteiger partial charge is 0.188 e. The van der Waals surface area contributed by atoms with Crippen molar-refractivity contribution in [3.8, 4) is 0 Å². The Morgan fingerprint density at radius 3 is 1.77 bits per heavy atom. The predicted molar refractivity (Wildman–Crippen MR) is 93.9 cm³/mol. The van der Waals surface area contributed by atoms with Crippen molar-refractivity contribution in [1.29, 1.82) is 0 Å². The molecule has 2 heteroatoms. The molecule has 0 saturated heterocycles. The summed E-state index contributed by atoms with van der Waals surface area (Å²) in [4.78, 5) is 13.0. The molecular weight excluding hydrogens is 287 g/mol. The molecule has 0 fully saturated rings. The average molecular weight is 304 g/mol.